The van der Waals surface area contributed by atoms with E-state index in [2.05, 4.69) is 19.2 Å². The maximum atomic E-state index is 11.9. The maximum Gasteiger partial charge on any atom is 0.410 e. The number of benzene rings is 1. The molecule has 0 radical (unpaired) electrons. The molecule has 1 aromatic rings. The number of likely N-dealkylation sites (tertiary alicyclic amines) is 1. The van der Waals surface area contributed by atoms with Gasteiger partial charge in [-0.3, -0.25) is 0 Å². The van der Waals surface area contributed by atoms with Crippen molar-refractivity contribution >= 4 is 6.09 Å². The van der Waals surface area contributed by atoms with E-state index in [4.69, 9.17) is 4.74 Å². The van der Waals surface area contributed by atoms with E-state index < -0.39 is 0 Å². The first kappa shape index (κ1) is 13.9. The van der Waals surface area contributed by atoms with Gasteiger partial charge >= 0.3 is 6.09 Å². The molecule has 4 nitrogen and oxygen atoms in total. The lowest BCUT2D eigenvalue weighted by molar-refractivity contribution is 0.103. The summed E-state index contributed by atoms with van der Waals surface area (Å²) in [5.74, 6) is 0. The number of nitrogens with zero attached hydrogens (tertiary/aromatic N) is 1. The van der Waals surface area contributed by atoms with Gasteiger partial charge in [0.25, 0.3) is 0 Å². The number of ether oxygens (including phenoxy) is 1. The van der Waals surface area contributed by atoms with Crippen LogP contribution in [0.4, 0.5) is 4.79 Å². The highest BCUT2D eigenvalue weighted by Crippen LogP contribution is 2.12. The van der Waals surface area contributed by atoms with Crippen LogP contribution >= 0.6 is 0 Å². The molecule has 0 saturated carbocycles. The van der Waals surface area contributed by atoms with Crippen LogP contribution in [0.15, 0.2) is 30.3 Å². The molecule has 1 fully saturated rings. The minimum atomic E-state index is -0.211. The first-order valence-corrected chi connectivity index (χ1v) is 6.87. The lowest BCUT2D eigenvalue weighted by Crippen LogP contribution is -2.38. The standard InChI is InChI=1S/C15H22N2O2/c1-12(2)16-14-8-9-17(10-14)15(18)19-11-13-6-4-3-5-7-13/h3-7,12,14,16H,8-11H2,1-2H3/t14-/m1/s1. The van der Waals surface area contributed by atoms with Crippen LogP contribution in [0.2, 0.25) is 0 Å². The van der Waals surface area contributed by atoms with Crippen LogP contribution in [0.5, 0.6) is 0 Å². The van der Waals surface area contributed by atoms with Gasteiger partial charge in [0, 0.05) is 25.2 Å². The summed E-state index contributed by atoms with van der Waals surface area (Å²) in [6.07, 6.45) is 0.787. The van der Waals surface area contributed by atoms with Gasteiger partial charge in [-0.1, -0.05) is 44.2 Å². The normalized spacial score (nSPS) is 18.9. The van der Waals surface area contributed by atoms with Crippen LogP contribution in [0.3, 0.4) is 0 Å². The molecule has 1 aliphatic heterocycles. The van der Waals surface area contributed by atoms with Crippen LogP contribution in [0, 0.1) is 0 Å². The van der Waals surface area contributed by atoms with Crippen molar-refractivity contribution in [2.75, 3.05) is 13.1 Å². The quantitative estimate of drug-likeness (QED) is 0.906. The van der Waals surface area contributed by atoms with Crippen LogP contribution in [0.1, 0.15) is 25.8 Å². The van der Waals surface area contributed by atoms with Gasteiger partial charge in [-0.2, -0.15) is 0 Å². The predicted octanol–water partition coefficient (Wildman–Crippen LogP) is 2.40. The Bertz CT molecular complexity index is 406. The zero-order chi connectivity index (χ0) is 13.7. The van der Waals surface area contributed by atoms with Crippen LogP contribution in [0.25, 0.3) is 0 Å². The van der Waals surface area contributed by atoms with E-state index in [1.54, 1.807) is 4.90 Å². The Balaban J connectivity index is 1.75. The number of carbonyl (C=O) groups is 1. The average molecular weight is 262 g/mol. The van der Waals surface area contributed by atoms with Crippen molar-refractivity contribution in [2.24, 2.45) is 0 Å². The molecule has 1 amide bonds. The largest absolute Gasteiger partial charge is 0.445 e. The molecule has 2 rings (SSSR count). The van der Waals surface area contributed by atoms with Crippen molar-refractivity contribution in [3.05, 3.63) is 35.9 Å². The summed E-state index contributed by atoms with van der Waals surface area (Å²) in [6, 6.07) is 10.6. The average Bonchev–Trinajstić information content (AvgIpc) is 2.85. The number of nitrogens with one attached hydrogen (secondary N) is 1. The van der Waals surface area contributed by atoms with Gasteiger partial charge in [-0.15, -0.1) is 0 Å². The summed E-state index contributed by atoms with van der Waals surface area (Å²) in [6.45, 7) is 6.11. The van der Waals surface area contributed by atoms with Gasteiger partial charge in [0.05, 0.1) is 0 Å². The Kier molecular flexibility index (Phi) is 4.80. The Labute approximate surface area is 114 Å². The monoisotopic (exact) mass is 262 g/mol. The summed E-state index contributed by atoms with van der Waals surface area (Å²) < 4.78 is 5.32. The number of amides is 1. The SMILES string of the molecule is CC(C)N[C@@H]1CCN(C(=O)OCc2ccccc2)C1. The number of carbonyl (C=O) groups excluding carboxylic acids is 1. The third-order valence-electron chi connectivity index (χ3n) is 3.22. The van der Waals surface area contributed by atoms with Gasteiger partial charge in [0.1, 0.15) is 6.61 Å². The van der Waals surface area contributed by atoms with Crippen molar-refractivity contribution < 1.29 is 9.53 Å². The lowest BCUT2D eigenvalue weighted by atomic mass is 10.2. The third-order valence-corrected chi connectivity index (χ3v) is 3.22. The molecule has 1 N–H and O–H groups in total. The molecular formula is C15H22N2O2. The number of hydrogen-bond donors (Lipinski definition) is 1. The highest BCUT2D eigenvalue weighted by atomic mass is 16.6. The van der Waals surface area contributed by atoms with E-state index in [-0.39, 0.29) is 6.09 Å². The predicted molar refractivity (Wildman–Crippen MR) is 74.9 cm³/mol. The fourth-order valence-corrected chi connectivity index (χ4v) is 2.34. The Morgan fingerprint density at radius 2 is 2.16 bits per heavy atom. The molecule has 19 heavy (non-hydrogen) atoms. The fraction of sp³-hybridized carbons (Fsp3) is 0.533. The summed E-state index contributed by atoms with van der Waals surface area (Å²) >= 11 is 0. The van der Waals surface area contributed by atoms with E-state index in [0.29, 0.717) is 18.7 Å². The summed E-state index contributed by atoms with van der Waals surface area (Å²) in [4.78, 5) is 13.7. The van der Waals surface area contributed by atoms with E-state index in [1.165, 1.54) is 0 Å². The fourth-order valence-electron chi connectivity index (χ4n) is 2.34. The molecule has 0 unspecified atom stereocenters. The molecule has 0 spiro atoms. The van der Waals surface area contributed by atoms with Crippen LogP contribution < -0.4 is 5.32 Å². The second kappa shape index (κ2) is 6.57. The molecule has 0 aliphatic carbocycles. The van der Waals surface area contributed by atoms with E-state index >= 15 is 0 Å². The molecule has 0 aromatic heterocycles. The molecule has 1 saturated heterocycles. The van der Waals surface area contributed by atoms with Crippen LogP contribution in [-0.2, 0) is 11.3 Å². The summed E-state index contributed by atoms with van der Waals surface area (Å²) in [7, 11) is 0. The zero-order valence-electron chi connectivity index (χ0n) is 11.6. The van der Waals surface area contributed by atoms with Crippen molar-refractivity contribution in [2.45, 2.75) is 39.0 Å². The maximum absolute atomic E-state index is 11.9. The van der Waals surface area contributed by atoms with E-state index in [1.807, 2.05) is 30.3 Å². The molecule has 1 heterocycles. The molecule has 1 aliphatic rings. The smallest absolute Gasteiger partial charge is 0.410 e. The van der Waals surface area contributed by atoms with Crippen molar-refractivity contribution in [3.8, 4) is 0 Å². The Morgan fingerprint density at radius 3 is 2.84 bits per heavy atom. The van der Waals surface area contributed by atoms with Crippen molar-refractivity contribution in [3.63, 3.8) is 0 Å². The minimum absolute atomic E-state index is 0.211. The lowest BCUT2D eigenvalue weighted by Gasteiger charge is -2.18. The van der Waals surface area contributed by atoms with Gasteiger partial charge in [-0.05, 0) is 12.0 Å². The number of hydrogen-bond acceptors (Lipinski definition) is 3. The van der Waals surface area contributed by atoms with E-state index in [9.17, 15) is 4.79 Å². The Hall–Kier alpha value is -1.55. The molecular weight excluding hydrogens is 240 g/mol. The molecule has 0 bridgehead atoms. The second-order valence-corrected chi connectivity index (χ2v) is 5.29. The van der Waals surface area contributed by atoms with Gasteiger partial charge in [-0.25, -0.2) is 4.79 Å². The highest BCUT2D eigenvalue weighted by Gasteiger charge is 2.27. The highest BCUT2D eigenvalue weighted by molar-refractivity contribution is 5.68. The zero-order valence-corrected chi connectivity index (χ0v) is 11.6. The van der Waals surface area contributed by atoms with E-state index in [0.717, 1.165) is 25.1 Å². The molecule has 1 atom stereocenters. The summed E-state index contributed by atoms with van der Waals surface area (Å²) in [5, 5.41) is 3.45. The number of rotatable bonds is 4. The van der Waals surface area contributed by atoms with Crippen molar-refractivity contribution in [1.82, 2.24) is 10.2 Å². The van der Waals surface area contributed by atoms with Gasteiger partial charge in [0.15, 0.2) is 0 Å². The third kappa shape index (κ3) is 4.24. The first-order valence-electron chi connectivity index (χ1n) is 6.87. The second-order valence-electron chi connectivity index (χ2n) is 5.29. The van der Waals surface area contributed by atoms with Gasteiger partial charge < -0.3 is 15.0 Å². The molecule has 4 heteroatoms. The topological polar surface area (TPSA) is 41.6 Å². The summed E-state index contributed by atoms with van der Waals surface area (Å²) in [5.41, 5.74) is 1.02. The van der Waals surface area contributed by atoms with Crippen LogP contribution in [-0.4, -0.2) is 36.2 Å². The first-order chi connectivity index (χ1) is 9.15. The molecule has 1 aromatic carbocycles. The molecule has 104 valence electrons. The minimum Gasteiger partial charge on any atom is -0.445 e. The Morgan fingerprint density at radius 1 is 1.42 bits per heavy atom. The van der Waals surface area contributed by atoms with Gasteiger partial charge in [0.2, 0.25) is 0 Å². The van der Waals surface area contributed by atoms with Crippen molar-refractivity contribution in [1.29, 1.82) is 0 Å².